The number of hydrogen-bond donors (Lipinski definition) is 0. The summed E-state index contributed by atoms with van der Waals surface area (Å²) in [6.07, 6.45) is 1.89. The van der Waals surface area contributed by atoms with Crippen molar-refractivity contribution in [2.45, 2.75) is 83.1 Å². The maximum absolute atomic E-state index is 6.76. The van der Waals surface area contributed by atoms with Gasteiger partial charge in [-0.15, -0.1) is 0 Å². The first-order chi connectivity index (χ1) is 34.6. The Hall–Kier alpha value is -7.82. The summed E-state index contributed by atoms with van der Waals surface area (Å²) in [7, 11) is 0. The Labute approximate surface area is 424 Å². The van der Waals surface area contributed by atoms with E-state index < -0.39 is 0 Å². The van der Waals surface area contributed by atoms with E-state index in [0.717, 1.165) is 16.7 Å². The number of nitrogens with zero attached hydrogens (tertiary/aromatic N) is 2. The second kappa shape index (κ2) is 15.8. The SMILES string of the molecule is Cc1cc(C)c(-c2cccc(N3c4cc(-c5c(C)cc(C)cc5C)ccc4B4c5c3cc3ccoc3c5-c3cc(-c5c(C)cc(C)cc5C)cc5c6cc(-c7c(C)cc(C)cc7C)ccc6n4c35)c2)c(C)c1. The lowest BCUT2D eigenvalue weighted by molar-refractivity contribution is 0.617. The molecule has 0 N–H and O–H groups in total. The first kappa shape index (κ1) is 44.1. The lowest BCUT2D eigenvalue weighted by Gasteiger charge is -2.41. The van der Waals surface area contributed by atoms with E-state index in [-0.39, 0.29) is 6.85 Å². The Morgan fingerprint density at radius 1 is 0.403 bits per heavy atom. The van der Waals surface area contributed by atoms with Crippen LogP contribution in [0.25, 0.3) is 88.4 Å². The van der Waals surface area contributed by atoms with Gasteiger partial charge in [0.2, 0.25) is 0 Å². The number of anilines is 3. The van der Waals surface area contributed by atoms with E-state index in [1.165, 1.54) is 167 Å². The first-order valence-corrected chi connectivity index (χ1v) is 25.7. The molecule has 72 heavy (non-hydrogen) atoms. The Kier molecular flexibility index (Phi) is 9.71. The first-order valence-electron chi connectivity index (χ1n) is 25.7. The minimum atomic E-state index is -0.148. The monoisotopic (exact) mass is 930 g/mol. The summed E-state index contributed by atoms with van der Waals surface area (Å²) in [5.74, 6) is 0. The standard InChI is InChI=1S/C68H59BN2O/c1-36-22-40(5)61(41(6)23-36)48-14-13-15-53(30-48)70-59-34-50(63-44(9)26-38(3)27-45(63)10)16-18-57(59)69-66-60(70)35-51-20-21-72-68(51)65(66)56-33-52(64-46(11)28-39(4)29-47(64)12)32-55-54-31-49(17-19-58(54)71(69)67(55)56)62-42(7)24-37(2)25-43(62)8/h13-35H,1-12H3. The van der Waals surface area contributed by atoms with Crippen molar-refractivity contribution in [1.82, 2.24) is 4.48 Å². The third kappa shape index (κ3) is 6.44. The molecule has 2 aliphatic rings. The minimum absolute atomic E-state index is 0.148. The van der Waals surface area contributed by atoms with Gasteiger partial charge in [0.1, 0.15) is 5.58 Å². The molecule has 4 heterocycles. The molecule has 0 amide bonds. The fourth-order valence-electron chi connectivity index (χ4n) is 14.1. The van der Waals surface area contributed by atoms with Crippen molar-refractivity contribution in [2.75, 3.05) is 4.90 Å². The van der Waals surface area contributed by atoms with Crippen molar-refractivity contribution in [3.05, 3.63) is 206 Å². The highest BCUT2D eigenvalue weighted by atomic mass is 16.3. The van der Waals surface area contributed by atoms with Crippen LogP contribution >= 0.6 is 0 Å². The summed E-state index contributed by atoms with van der Waals surface area (Å²) in [4.78, 5) is 2.58. The predicted molar refractivity (Wildman–Crippen MR) is 308 cm³/mol. The van der Waals surface area contributed by atoms with Gasteiger partial charge in [-0.1, -0.05) is 101 Å². The molecule has 3 nitrogen and oxygen atoms in total. The topological polar surface area (TPSA) is 21.3 Å². The normalized spacial score (nSPS) is 12.7. The quantitative estimate of drug-likeness (QED) is 0.160. The van der Waals surface area contributed by atoms with Gasteiger partial charge in [-0.25, -0.2) is 0 Å². The zero-order valence-corrected chi connectivity index (χ0v) is 43.7. The molecule has 0 aliphatic carbocycles. The van der Waals surface area contributed by atoms with Gasteiger partial charge in [-0.05, 0) is 238 Å². The van der Waals surface area contributed by atoms with Crippen LogP contribution in [0.3, 0.4) is 0 Å². The molecule has 0 fully saturated rings. The third-order valence-electron chi connectivity index (χ3n) is 16.2. The van der Waals surface area contributed by atoms with Crippen LogP contribution in [0.5, 0.6) is 0 Å². The van der Waals surface area contributed by atoms with Crippen molar-refractivity contribution in [2.24, 2.45) is 0 Å². The second-order valence-electron chi connectivity index (χ2n) is 21.7. The van der Waals surface area contributed by atoms with Crippen LogP contribution in [0, 0.1) is 83.1 Å². The van der Waals surface area contributed by atoms with Gasteiger partial charge >= 0.3 is 6.85 Å². The lowest BCUT2D eigenvalue weighted by Crippen LogP contribution is -2.56. The van der Waals surface area contributed by atoms with Crippen LogP contribution in [0.4, 0.5) is 17.1 Å². The predicted octanol–water partition coefficient (Wildman–Crippen LogP) is 17.3. The van der Waals surface area contributed by atoms with Crippen LogP contribution in [0.2, 0.25) is 0 Å². The van der Waals surface area contributed by atoms with Gasteiger partial charge in [0.25, 0.3) is 0 Å². The lowest BCUT2D eigenvalue weighted by atomic mass is 9.45. The largest absolute Gasteiger partial charge is 0.464 e. The highest BCUT2D eigenvalue weighted by Gasteiger charge is 2.44. The molecule has 0 atom stereocenters. The summed E-state index contributed by atoms with van der Waals surface area (Å²) in [6, 6.07) is 52.1. The summed E-state index contributed by atoms with van der Waals surface area (Å²) in [5.41, 5.74) is 37.5. The van der Waals surface area contributed by atoms with Gasteiger partial charge in [-0.3, -0.25) is 0 Å². The number of benzene rings is 9. The van der Waals surface area contributed by atoms with Crippen molar-refractivity contribution >= 4 is 67.6 Å². The smallest absolute Gasteiger partial charge is 0.333 e. The molecule has 2 aliphatic heterocycles. The fourth-order valence-corrected chi connectivity index (χ4v) is 14.1. The summed E-state index contributed by atoms with van der Waals surface area (Å²) in [6.45, 7) is 26.8. The highest BCUT2D eigenvalue weighted by molar-refractivity contribution is 6.90. The van der Waals surface area contributed by atoms with Gasteiger partial charge in [0.05, 0.1) is 6.26 Å². The van der Waals surface area contributed by atoms with E-state index in [4.69, 9.17) is 4.42 Å². The molecule has 0 unspecified atom stereocenters. The van der Waals surface area contributed by atoms with E-state index >= 15 is 0 Å². The number of hydrogen-bond acceptors (Lipinski definition) is 2. The molecule has 350 valence electrons. The number of aromatic nitrogens is 1. The molecule has 0 saturated heterocycles. The Bertz CT molecular complexity index is 4100. The van der Waals surface area contributed by atoms with E-state index in [0.29, 0.717) is 0 Å². The second-order valence-corrected chi connectivity index (χ2v) is 21.7. The van der Waals surface area contributed by atoms with Crippen LogP contribution in [-0.4, -0.2) is 11.3 Å². The molecule has 0 radical (unpaired) electrons. The zero-order chi connectivity index (χ0) is 49.8. The Balaban J connectivity index is 1.18. The van der Waals surface area contributed by atoms with E-state index in [1.807, 2.05) is 6.26 Å². The molecule has 0 bridgehead atoms. The molecular formula is C68H59BN2O. The van der Waals surface area contributed by atoms with Crippen molar-refractivity contribution in [3.8, 4) is 55.6 Å². The van der Waals surface area contributed by atoms with Crippen LogP contribution in [0.15, 0.2) is 144 Å². The average Bonchev–Trinajstić information content (AvgIpc) is 3.91. The number of furan rings is 1. The molecular weight excluding hydrogens is 872 g/mol. The third-order valence-corrected chi connectivity index (χ3v) is 16.2. The zero-order valence-electron chi connectivity index (χ0n) is 43.7. The van der Waals surface area contributed by atoms with Gasteiger partial charge in [0.15, 0.2) is 0 Å². The Morgan fingerprint density at radius 2 is 0.903 bits per heavy atom. The summed E-state index contributed by atoms with van der Waals surface area (Å²) in [5, 5.41) is 3.62. The molecule has 13 rings (SSSR count). The van der Waals surface area contributed by atoms with Crippen molar-refractivity contribution in [3.63, 3.8) is 0 Å². The van der Waals surface area contributed by atoms with Crippen LogP contribution in [-0.2, 0) is 0 Å². The Morgan fingerprint density at radius 3 is 1.47 bits per heavy atom. The molecule has 2 aromatic heterocycles. The highest BCUT2D eigenvalue weighted by Crippen LogP contribution is 2.51. The maximum atomic E-state index is 6.76. The summed E-state index contributed by atoms with van der Waals surface area (Å²) >= 11 is 0. The number of fused-ring (bicyclic) bond motifs is 9. The number of rotatable bonds is 5. The van der Waals surface area contributed by atoms with Crippen molar-refractivity contribution < 1.29 is 4.42 Å². The van der Waals surface area contributed by atoms with E-state index in [9.17, 15) is 0 Å². The summed E-state index contributed by atoms with van der Waals surface area (Å²) < 4.78 is 9.46. The molecule has 0 saturated carbocycles. The molecule has 4 heteroatoms. The van der Waals surface area contributed by atoms with Gasteiger partial charge in [0, 0.05) is 55.4 Å². The average molecular weight is 931 g/mol. The van der Waals surface area contributed by atoms with E-state index in [2.05, 4.69) is 226 Å². The van der Waals surface area contributed by atoms with Crippen LogP contribution in [0.1, 0.15) is 66.8 Å². The van der Waals surface area contributed by atoms with Gasteiger partial charge in [-0.2, -0.15) is 0 Å². The maximum Gasteiger partial charge on any atom is 0.333 e. The fraction of sp³-hybridized carbons (Fsp3) is 0.176. The molecule has 0 spiro atoms. The molecule has 11 aromatic rings. The number of aryl methyl sites for hydroxylation is 12. The van der Waals surface area contributed by atoms with Crippen LogP contribution < -0.4 is 15.8 Å². The van der Waals surface area contributed by atoms with Crippen molar-refractivity contribution in [1.29, 1.82) is 0 Å². The molecule has 9 aromatic carbocycles. The minimum Gasteiger partial charge on any atom is -0.464 e. The van der Waals surface area contributed by atoms with E-state index in [1.54, 1.807) is 0 Å². The van der Waals surface area contributed by atoms with Gasteiger partial charge < -0.3 is 13.8 Å².